The molecule has 2 heterocycles. The van der Waals surface area contributed by atoms with Crippen molar-refractivity contribution in [3.05, 3.63) is 62.9 Å². The van der Waals surface area contributed by atoms with Crippen molar-refractivity contribution in [1.29, 1.82) is 0 Å². The Balaban J connectivity index is 1.90. The molecule has 0 saturated heterocycles. The van der Waals surface area contributed by atoms with Gasteiger partial charge in [0.15, 0.2) is 5.78 Å². The zero-order valence-corrected chi connectivity index (χ0v) is 28.7. The number of aliphatic imine (C=N–C) groups is 2. The lowest BCUT2D eigenvalue weighted by Gasteiger charge is -2.23. The molecule has 0 radical (unpaired) electrons. The van der Waals surface area contributed by atoms with Gasteiger partial charge in [-0.15, -0.1) is 0 Å². The highest BCUT2D eigenvalue weighted by atomic mass is 16.5. The third-order valence-corrected chi connectivity index (χ3v) is 9.11. The number of aromatic amines is 1. The molecule has 0 fully saturated rings. The average molecular weight is 629 g/mol. The van der Waals surface area contributed by atoms with E-state index in [1.54, 1.807) is 19.2 Å². The van der Waals surface area contributed by atoms with Crippen LogP contribution in [-0.2, 0) is 14.3 Å². The van der Waals surface area contributed by atoms with Gasteiger partial charge >= 0.3 is 11.9 Å². The third-order valence-electron chi connectivity index (χ3n) is 9.11. The number of methoxy groups -OCH3 is 1. The van der Waals surface area contributed by atoms with Crippen LogP contribution in [-0.4, -0.2) is 68.0 Å². The highest BCUT2D eigenvalue weighted by molar-refractivity contribution is 6.29. The Bertz CT molecular complexity index is 1710. The molecule has 1 aliphatic heterocycles. The average Bonchev–Trinajstić information content (AvgIpc) is 3.67. The van der Waals surface area contributed by atoms with E-state index in [0.29, 0.717) is 24.2 Å². The fourth-order valence-corrected chi connectivity index (χ4v) is 6.36. The van der Waals surface area contributed by atoms with Crippen LogP contribution >= 0.6 is 0 Å². The summed E-state index contributed by atoms with van der Waals surface area (Å²) in [6, 6.07) is 7.39. The molecular formula is C37H48N4O5. The van der Waals surface area contributed by atoms with Crippen molar-refractivity contribution in [2.24, 2.45) is 27.7 Å². The lowest BCUT2D eigenvalue weighted by molar-refractivity contribution is -0.140. The largest absolute Gasteiger partial charge is 0.469 e. The van der Waals surface area contributed by atoms with Gasteiger partial charge in [0.25, 0.3) is 0 Å². The number of fused-ring (bicyclic) bond motifs is 1. The predicted molar refractivity (Wildman–Crippen MR) is 184 cm³/mol. The number of aromatic nitrogens is 1. The number of hydrogen-bond donors (Lipinski definition) is 2. The monoisotopic (exact) mass is 628 g/mol. The molecule has 3 atom stereocenters. The molecule has 1 aromatic carbocycles. The molecule has 46 heavy (non-hydrogen) atoms. The van der Waals surface area contributed by atoms with E-state index in [1.807, 2.05) is 46.0 Å². The van der Waals surface area contributed by atoms with Crippen molar-refractivity contribution < 1.29 is 23.9 Å². The summed E-state index contributed by atoms with van der Waals surface area (Å²) in [5.41, 5.74) is 7.60. The number of carbonyl (C=O) groups excluding carboxylic acids is 3. The lowest BCUT2D eigenvalue weighted by atomic mass is 9.81. The maximum atomic E-state index is 13.5. The van der Waals surface area contributed by atoms with Gasteiger partial charge in [-0.2, -0.15) is 0 Å². The molecule has 2 aromatic rings. The van der Waals surface area contributed by atoms with E-state index in [-0.39, 0.29) is 54.4 Å². The molecule has 0 saturated carbocycles. The Morgan fingerprint density at radius 3 is 2.43 bits per heavy atom. The second kappa shape index (κ2) is 15.0. The van der Waals surface area contributed by atoms with Crippen LogP contribution in [0.5, 0.6) is 0 Å². The Labute approximate surface area is 272 Å². The number of likely N-dealkylation sites (N-methyl/N-ethyl adjacent to an activating group) is 1. The zero-order chi connectivity index (χ0) is 33.7. The molecule has 1 unspecified atom stereocenters. The van der Waals surface area contributed by atoms with Crippen molar-refractivity contribution in [2.45, 2.75) is 73.3 Å². The fourth-order valence-electron chi connectivity index (χ4n) is 6.36. The second-order valence-corrected chi connectivity index (χ2v) is 12.6. The molecule has 0 spiro atoms. The zero-order valence-electron chi connectivity index (χ0n) is 28.7. The molecule has 2 N–H and O–H groups in total. The number of Topliss-reactive ketones (excluding diaryl/α,β-unsaturated/α-hetero) is 1. The minimum Gasteiger partial charge on any atom is -0.469 e. The molecule has 9 nitrogen and oxygen atoms in total. The Morgan fingerprint density at radius 2 is 1.85 bits per heavy atom. The standard InChI is InChI=1S/C37H48N4O5/c1-10-26(39-8)17-29-22(5)32-30(42)18-28(36(32)40-29)35-27(15-16-31(43)45-9)21(4)34(41-35)33(23(6)38-7)24-11-13-25(14-12-24)37(44)46-19-20(2)3/h11-14,17,20-21,23,27,38,40H,10,15-16,18-19H2,1-9H3/b29-17-,34-33+,39-26?/t21-,23?,27-/m0/s1. The van der Waals surface area contributed by atoms with Crippen LogP contribution in [0.15, 0.2) is 39.9 Å². The first-order valence-corrected chi connectivity index (χ1v) is 16.2. The van der Waals surface area contributed by atoms with Gasteiger partial charge < -0.3 is 19.8 Å². The van der Waals surface area contributed by atoms with Gasteiger partial charge in [-0.1, -0.05) is 39.8 Å². The number of carbonyl (C=O) groups is 3. The number of rotatable bonds is 12. The summed E-state index contributed by atoms with van der Waals surface area (Å²) in [7, 11) is 5.08. The van der Waals surface area contributed by atoms with E-state index in [0.717, 1.165) is 56.5 Å². The SMILES string of the molecule is CCC(/C=c1\[nH]c2c(c1C)C(=O)CC=2C1=N/C(=C(/c2ccc(C(=O)OCC(C)C)cc2)C(C)NC)[C@@H](C)[C@@H]1CCC(=O)OC)=NC. The van der Waals surface area contributed by atoms with E-state index in [1.165, 1.54) is 7.11 Å². The molecule has 1 aromatic heterocycles. The van der Waals surface area contributed by atoms with Crippen LogP contribution < -0.4 is 16.0 Å². The Hall–Kier alpha value is -4.11. The number of benzene rings is 1. The van der Waals surface area contributed by atoms with Gasteiger partial charge in [-0.05, 0) is 74.6 Å². The number of ether oxygens (including phenoxy) is 2. The highest BCUT2D eigenvalue weighted by Crippen LogP contribution is 2.42. The molecule has 1 aliphatic carbocycles. The number of nitrogens with zero attached hydrogens (tertiary/aromatic N) is 2. The van der Waals surface area contributed by atoms with E-state index in [4.69, 9.17) is 14.5 Å². The van der Waals surface area contributed by atoms with Gasteiger partial charge in [0.1, 0.15) is 0 Å². The highest BCUT2D eigenvalue weighted by Gasteiger charge is 2.39. The van der Waals surface area contributed by atoms with Crippen molar-refractivity contribution in [2.75, 3.05) is 27.8 Å². The maximum absolute atomic E-state index is 13.5. The van der Waals surface area contributed by atoms with Gasteiger partial charge in [-0.25, -0.2) is 4.79 Å². The van der Waals surface area contributed by atoms with Gasteiger partial charge in [-0.3, -0.25) is 19.6 Å². The summed E-state index contributed by atoms with van der Waals surface area (Å²) in [5, 5.41) is 5.06. The topological polar surface area (TPSA) is 122 Å². The predicted octanol–water partition coefficient (Wildman–Crippen LogP) is 4.81. The summed E-state index contributed by atoms with van der Waals surface area (Å²) in [5.74, 6) is -0.462. The van der Waals surface area contributed by atoms with Crippen LogP contribution in [0.2, 0.25) is 0 Å². The summed E-state index contributed by atoms with van der Waals surface area (Å²) < 4.78 is 10.4. The normalized spacial score (nSPS) is 20.3. The lowest BCUT2D eigenvalue weighted by Crippen LogP contribution is -2.26. The smallest absolute Gasteiger partial charge is 0.338 e. The number of allylic oxidation sites excluding steroid dienone is 1. The van der Waals surface area contributed by atoms with Crippen LogP contribution in [0, 0.1) is 24.7 Å². The third kappa shape index (κ3) is 7.15. The van der Waals surface area contributed by atoms with E-state index < -0.39 is 0 Å². The Kier molecular flexibility index (Phi) is 11.3. The first-order valence-electron chi connectivity index (χ1n) is 16.2. The quantitative estimate of drug-likeness (QED) is 0.257. The molecule has 0 bridgehead atoms. The van der Waals surface area contributed by atoms with E-state index >= 15 is 0 Å². The van der Waals surface area contributed by atoms with Gasteiger partial charge in [0.2, 0.25) is 0 Å². The van der Waals surface area contributed by atoms with Crippen molar-refractivity contribution in [3.63, 3.8) is 0 Å². The number of H-pyrrole nitrogens is 1. The molecular weight excluding hydrogens is 580 g/mol. The summed E-state index contributed by atoms with van der Waals surface area (Å²) >= 11 is 0. The van der Waals surface area contributed by atoms with Crippen molar-refractivity contribution >= 4 is 46.4 Å². The van der Waals surface area contributed by atoms with Crippen LogP contribution in [0.3, 0.4) is 0 Å². The maximum Gasteiger partial charge on any atom is 0.338 e. The minimum atomic E-state index is -0.347. The van der Waals surface area contributed by atoms with E-state index in [9.17, 15) is 14.4 Å². The van der Waals surface area contributed by atoms with Crippen molar-refractivity contribution in [1.82, 2.24) is 10.3 Å². The fraction of sp³-hybridized carbons (Fsp3) is 0.486. The summed E-state index contributed by atoms with van der Waals surface area (Å²) in [6.07, 6.45) is 3.82. The second-order valence-electron chi connectivity index (χ2n) is 12.6. The number of nitrogens with one attached hydrogen (secondary N) is 2. The van der Waals surface area contributed by atoms with Crippen molar-refractivity contribution in [3.8, 4) is 0 Å². The molecule has 4 rings (SSSR count). The number of hydrogen-bond acceptors (Lipinski definition) is 8. The molecule has 0 amide bonds. The van der Waals surface area contributed by atoms with Crippen LogP contribution in [0.4, 0.5) is 0 Å². The molecule has 9 heteroatoms. The van der Waals surface area contributed by atoms with Gasteiger partial charge in [0, 0.05) is 65.7 Å². The minimum absolute atomic E-state index is 0.0474. The summed E-state index contributed by atoms with van der Waals surface area (Å²) in [4.78, 5) is 51.6. The summed E-state index contributed by atoms with van der Waals surface area (Å²) in [6.45, 7) is 12.6. The van der Waals surface area contributed by atoms with Crippen LogP contribution in [0.1, 0.15) is 92.1 Å². The first-order chi connectivity index (χ1) is 21.9. The van der Waals surface area contributed by atoms with Crippen LogP contribution in [0.25, 0.3) is 17.2 Å². The van der Waals surface area contributed by atoms with Gasteiger partial charge in [0.05, 0.1) is 30.3 Å². The molecule has 246 valence electrons. The number of ketones is 1. The van der Waals surface area contributed by atoms with E-state index in [2.05, 4.69) is 36.1 Å². The Morgan fingerprint density at radius 1 is 1.17 bits per heavy atom. The molecule has 2 aliphatic rings. The first kappa shape index (κ1) is 34.8. The number of esters is 2.